The zero-order chi connectivity index (χ0) is 9.42. The number of hydrogen-bond acceptors (Lipinski definition) is 3. The monoisotopic (exact) mass is 212 g/mol. The molecule has 2 nitrogen and oxygen atoms in total. The van der Waals surface area contributed by atoms with Crippen LogP contribution in [-0.4, -0.2) is 9.97 Å². The molecule has 0 bridgehead atoms. The van der Waals surface area contributed by atoms with Gasteiger partial charge in [-0.25, -0.2) is 9.97 Å². The molecule has 0 fully saturated rings. The zero-order valence-electron chi connectivity index (χ0n) is 7.47. The lowest BCUT2D eigenvalue weighted by molar-refractivity contribution is 1.14. The van der Waals surface area contributed by atoms with E-state index in [9.17, 15) is 0 Å². The van der Waals surface area contributed by atoms with Crippen molar-refractivity contribution in [1.29, 1.82) is 0 Å². The van der Waals surface area contributed by atoms with Crippen molar-refractivity contribution >= 4 is 33.2 Å². The highest BCUT2D eigenvalue weighted by Gasteiger charge is 2.11. The van der Waals surface area contributed by atoms with E-state index >= 15 is 0 Å². The van der Waals surface area contributed by atoms with Crippen LogP contribution in [0.1, 0.15) is 17.4 Å². The first-order valence-electron chi connectivity index (χ1n) is 4.12. The van der Waals surface area contributed by atoms with Crippen LogP contribution in [0.2, 0.25) is 5.15 Å². The van der Waals surface area contributed by atoms with Crippen molar-refractivity contribution < 1.29 is 0 Å². The molecule has 0 atom stereocenters. The van der Waals surface area contributed by atoms with Gasteiger partial charge < -0.3 is 0 Å². The largest absolute Gasteiger partial charge is 0.225 e. The number of aryl methyl sites for hydroxylation is 2. The maximum atomic E-state index is 6.01. The zero-order valence-corrected chi connectivity index (χ0v) is 9.04. The minimum absolute atomic E-state index is 0.575. The molecule has 0 saturated carbocycles. The minimum Gasteiger partial charge on any atom is -0.225 e. The molecule has 0 aliphatic rings. The summed E-state index contributed by atoms with van der Waals surface area (Å²) in [5.41, 5.74) is 1.28. The number of rotatable bonds is 1. The van der Waals surface area contributed by atoms with Gasteiger partial charge in [0.05, 0.1) is 5.39 Å². The number of thiophene rings is 1. The van der Waals surface area contributed by atoms with Gasteiger partial charge in [0.1, 0.15) is 16.3 Å². The second kappa shape index (κ2) is 3.24. The van der Waals surface area contributed by atoms with Gasteiger partial charge in [-0.2, -0.15) is 0 Å². The van der Waals surface area contributed by atoms with Crippen LogP contribution in [0.25, 0.3) is 10.2 Å². The van der Waals surface area contributed by atoms with Gasteiger partial charge in [-0.15, -0.1) is 11.3 Å². The van der Waals surface area contributed by atoms with Crippen molar-refractivity contribution in [2.24, 2.45) is 0 Å². The molecule has 0 spiro atoms. The Kier molecular flexibility index (Phi) is 2.22. The Bertz CT molecular complexity index is 450. The summed E-state index contributed by atoms with van der Waals surface area (Å²) in [7, 11) is 0. The average molecular weight is 213 g/mol. The third-order valence-electron chi connectivity index (χ3n) is 2.10. The van der Waals surface area contributed by atoms with Crippen LogP contribution in [0.4, 0.5) is 0 Å². The van der Waals surface area contributed by atoms with Crippen LogP contribution in [0.5, 0.6) is 0 Å². The lowest BCUT2D eigenvalue weighted by Crippen LogP contribution is -1.84. The molecule has 4 heteroatoms. The highest BCUT2D eigenvalue weighted by molar-refractivity contribution is 7.18. The molecule has 0 aliphatic heterocycles. The Labute approximate surface area is 85.6 Å². The summed E-state index contributed by atoms with van der Waals surface area (Å²) in [6.07, 6.45) is 2.50. The molecule has 2 aromatic rings. The van der Waals surface area contributed by atoms with Gasteiger partial charge in [0.15, 0.2) is 0 Å². The molecular weight excluding hydrogens is 204 g/mol. The van der Waals surface area contributed by atoms with Gasteiger partial charge >= 0.3 is 0 Å². The van der Waals surface area contributed by atoms with Crippen LogP contribution < -0.4 is 0 Å². The highest BCUT2D eigenvalue weighted by Crippen LogP contribution is 2.32. The quantitative estimate of drug-likeness (QED) is 0.679. The third kappa shape index (κ3) is 1.32. The molecule has 2 rings (SSSR count). The summed E-state index contributed by atoms with van der Waals surface area (Å²) in [4.78, 5) is 10.5. The highest BCUT2D eigenvalue weighted by atomic mass is 35.5. The summed E-state index contributed by atoms with van der Waals surface area (Å²) in [6, 6.07) is 0. The fourth-order valence-corrected chi connectivity index (χ4v) is 2.87. The standard InChI is InChI=1S/C9H9ClN2S/c1-3-6-5(2)13-9-7(6)8(10)11-4-12-9/h4H,3H2,1-2H3. The van der Waals surface area contributed by atoms with Crippen molar-refractivity contribution in [3.05, 3.63) is 21.9 Å². The first-order valence-corrected chi connectivity index (χ1v) is 5.32. The summed E-state index contributed by atoms with van der Waals surface area (Å²) in [5.74, 6) is 0. The van der Waals surface area contributed by atoms with Gasteiger partial charge in [0.25, 0.3) is 0 Å². The van der Waals surface area contributed by atoms with Crippen LogP contribution in [-0.2, 0) is 6.42 Å². The van der Waals surface area contributed by atoms with E-state index in [1.54, 1.807) is 11.3 Å². The van der Waals surface area contributed by atoms with E-state index in [1.807, 2.05) is 0 Å². The van der Waals surface area contributed by atoms with Crippen molar-refractivity contribution in [2.45, 2.75) is 20.3 Å². The van der Waals surface area contributed by atoms with E-state index in [0.29, 0.717) is 5.15 Å². The van der Waals surface area contributed by atoms with E-state index in [2.05, 4.69) is 23.8 Å². The molecule has 0 N–H and O–H groups in total. The summed E-state index contributed by atoms with van der Waals surface area (Å²) in [5, 5.41) is 1.61. The maximum absolute atomic E-state index is 6.01. The third-order valence-corrected chi connectivity index (χ3v) is 3.44. The van der Waals surface area contributed by atoms with Crippen molar-refractivity contribution in [3.8, 4) is 0 Å². The second-order valence-electron chi connectivity index (χ2n) is 2.83. The molecule has 0 aliphatic carbocycles. The fourth-order valence-electron chi connectivity index (χ4n) is 1.49. The van der Waals surface area contributed by atoms with Gasteiger partial charge in [-0.1, -0.05) is 18.5 Å². The molecule has 68 valence electrons. The predicted octanol–water partition coefficient (Wildman–Crippen LogP) is 3.22. The van der Waals surface area contributed by atoms with E-state index in [-0.39, 0.29) is 0 Å². The number of nitrogens with zero attached hydrogens (tertiary/aromatic N) is 2. The Morgan fingerprint density at radius 2 is 2.23 bits per heavy atom. The molecule has 0 amide bonds. The van der Waals surface area contributed by atoms with E-state index in [0.717, 1.165) is 16.6 Å². The molecule has 0 radical (unpaired) electrons. The fraction of sp³-hybridized carbons (Fsp3) is 0.333. The van der Waals surface area contributed by atoms with Gasteiger partial charge in [0, 0.05) is 4.88 Å². The Balaban J connectivity index is 2.88. The molecule has 2 aromatic heterocycles. The van der Waals surface area contributed by atoms with Crippen LogP contribution in [0.3, 0.4) is 0 Å². The first kappa shape index (κ1) is 8.91. The molecule has 2 heterocycles. The summed E-state index contributed by atoms with van der Waals surface area (Å²) < 4.78 is 0. The maximum Gasteiger partial charge on any atom is 0.141 e. The Morgan fingerprint density at radius 1 is 1.46 bits per heavy atom. The van der Waals surface area contributed by atoms with Crippen molar-refractivity contribution in [1.82, 2.24) is 9.97 Å². The van der Waals surface area contributed by atoms with Gasteiger partial charge in [-0.05, 0) is 18.9 Å². The Hall–Kier alpha value is -0.670. The molecule has 0 unspecified atom stereocenters. The lowest BCUT2D eigenvalue weighted by Gasteiger charge is -1.96. The second-order valence-corrected chi connectivity index (χ2v) is 4.40. The molecule has 0 saturated heterocycles. The van der Waals surface area contributed by atoms with Gasteiger partial charge in [-0.3, -0.25) is 0 Å². The number of aromatic nitrogens is 2. The number of halogens is 1. The topological polar surface area (TPSA) is 25.8 Å². The van der Waals surface area contributed by atoms with Crippen molar-refractivity contribution in [2.75, 3.05) is 0 Å². The van der Waals surface area contributed by atoms with E-state index in [1.165, 1.54) is 16.8 Å². The van der Waals surface area contributed by atoms with Crippen LogP contribution in [0.15, 0.2) is 6.33 Å². The lowest BCUT2D eigenvalue weighted by atomic mass is 10.1. The van der Waals surface area contributed by atoms with Crippen LogP contribution in [0, 0.1) is 6.92 Å². The predicted molar refractivity (Wildman–Crippen MR) is 56.5 cm³/mol. The van der Waals surface area contributed by atoms with Crippen molar-refractivity contribution in [3.63, 3.8) is 0 Å². The first-order chi connectivity index (χ1) is 6.24. The minimum atomic E-state index is 0.575. The number of hydrogen-bond donors (Lipinski definition) is 0. The Morgan fingerprint density at radius 3 is 2.92 bits per heavy atom. The van der Waals surface area contributed by atoms with E-state index < -0.39 is 0 Å². The average Bonchev–Trinajstić information content (AvgIpc) is 2.42. The molecular formula is C9H9ClN2S. The van der Waals surface area contributed by atoms with E-state index in [4.69, 9.17) is 11.6 Å². The summed E-state index contributed by atoms with van der Waals surface area (Å²) in [6.45, 7) is 4.22. The summed E-state index contributed by atoms with van der Waals surface area (Å²) >= 11 is 7.69. The van der Waals surface area contributed by atoms with Gasteiger partial charge in [0.2, 0.25) is 0 Å². The molecule has 13 heavy (non-hydrogen) atoms. The number of fused-ring (bicyclic) bond motifs is 1. The van der Waals surface area contributed by atoms with Crippen LogP contribution >= 0.6 is 22.9 Å². The SMILES string of the molecule is CCc1c(C)sc2ncnc(Cl)c12. The normalized spacial score (nSPS) is 11.0. The smallest absolute Gasteiger partial charge is 0.141 e. The molecule has 0 aromatic carbocycles.